The Kier molecular flexibility index (Phi) is 4.01. The summed E-state index contributed by atoms with van der Waals surface area (Å²) in [5.74, 6) is 0.450. The van der Waals surface area contributed by atoms with Crippen molar-refractivity contribution in [1.29, 1.82) is 0 Å². The molecule has 2 heterocycles. The fraction of sp³-hybridized carbons (Fsp3) is 0.909. The zero-order chi connectivity index (χ0) is 11.4. The summed E-state index contributed by atoms with van der Waals surface area (Å²) in [6.07, 6.45) is 2.21. The van der Waals surface area contributed by atoms with Gasteiger partial charge in [0.2, 0.25) is 0 Å². The van der Waals surface area contributed by atoms with Gasteiger partial charge in [0.1, 0.15) is 0 Å². The second kappa shape index (κ2) is 5.50. The second-order valence-electron chi connectivity index (χ2n) is 4.54. The van der Waals surface area contributed by atoms with Gasteiger partial charge in [0.05, 0.1) is 18.8 Å². The third-order valence-corrected chi connectivity index (χ3v) is 3.32. The van der Waals surface area contributed by atoms with Crippen LogP contribution in [0.2, 0.25) is 0 Å². The molecule has 0 saturated carbocycles. The summed E-state index contributed by atoms with van der Waals surface area (Å²) >= 11 is 0. The minimum absolute atomic E-state index is 0.0883. The highest BCUT2D eigenvalue weighted by molar-refractivity contribution is 5.74. The first kappa shape index (κ1) is 11.7. The summed E-state index contributed by atoms with van der Waals surface area (Å²) in [4.78, 5) is 11.5. The number of hydrogen-bond acceptors (Lipinski definition) is 3. The van der Waals surface area contributed by atoms with E-state index in [1.54, 1.807) is 0 Å². The monoisotopic (exact) mass is 228 g/mol. The fourth-order valence-electron chi connectivity index (χ4n) is 2.15. The summed E-state index contributed by atoms with van der Waals surface area (Å²) in [5, 5.41) is 5.80. The van der Waals surface area contributed by atoms with Gasteiger partial charge in [0, 0.05) is 25.7 Å². The minimum Gasteiger partial charge on any atom is -0.379 e. The Balaban J connectivity index is 1.63. The van der Waals surface area contributed by atoms with Gasteiger partial charge in [-0.2, -0.15) is 0 Å². The Morgan fingerprint density at radius 2 is 2.25 bits per heavy atom. The van der Waals surface area contributed by atoms with Crippen LogP contribution in [0.1, 0.15) is 19.8 Å². The first-order chi connectivity index (χ1) is 7.75. The lowest BCUT2D eigenvalue weighted by Crippen LogP contribution is -2.44. The average Bonchev–Trinajstić information content (AvgIpc) is 2.87. The van der Waals surface area contributed by atoms with Crippen molar-refractivity contribution >= 4 is 6.03 Å². The molecule has 2 amide bonds. The normalized spacial score (nSPS) is 33.9. The lowest BCUT2D eigenvalue weighted by atomic mass is 10.0. The van der Waals surface area contributed by atoms with Crippen molar-refractivity contribution in [3.8, 4) is 0 Å². The van der Waals surface area contributed by atoms with Crippen LogP contribution in [0.3, 0.4) is 0 Å². The van der Waals surface area contributed by atoms with Crippen LogP contribution in [-0.4, -0.2) is 44.5 Å². The number of carbonyl (C=O) groups is 1. The summed E-state index contributed by atoms with van der Waals surface area (Å²) < 4.78 is 10.6. The van der Waals surface area contributed by atoms with Crippen molar-refractivity contribution in [1.82, 2.24) is 10.6 Å². The van der Waals surface area contributed by atoms with Gasteiger partial charge in [-0.1, -0.05) is 0 Å². The first-order valence-corrected chi connectivity index (χ1v) is 5.99. The Labute approximate surface area is 95.9 Å². The molecule has 2 fully saturated rings. The molecular weight excluding hydrogens is 208 g/mol. The molecule has 2 saturated heterocycles. The van der Waals surface area contributed by atoms with E-state index in [0.29, 0.717) is 19.1 Å². The van der Waals surface area contributed by atoms with Crippen LogP contribution in [0.25, 0.3) is 0 Å². The van der Waals surface area contributed by atoms with Crippen molar-refractivity contribution in [2.24, 2.45) is 5.92 Å². The molecule has 0 aromatic rings. The molecule has 5 nitrogen and oxygen atoms in total. The van der Waals surface area contributed by atoms with Crippen molar-refractivity contribution in [2.45, 2.75) is 31.9 Å². The summed E-state index contributed by atoms with van der Waals surface area (Å²) in [6.45, 7) is 4.95. The van der Waals surface area contributed by atoms with Gasteiger partial charge >= 0.3 is 6.03 Å². The molecule has 16 heavy (non-hydrogen) atoms. The molecule has 3 unspecified atom stereocenters. The predicted molar refractivity (Wildman–Crippen MR) is 59.3 cm³/mol. The van der Waals surface area contributed by atoms with Crippen molar-refractivity contribution in [3.63, 3.8) is 0 Å². The summed E-state index contributed by atoms with van der Waals surface area (Å²) in [6, 6.07) is 0.0897. The molecule has 0 aromatic carbocycles. The molecule has 2 aliphatic rings. The van der Waals surface area contributed by atoms with Gasteiger partial charge in [0.25, 0.3) is 0 Å². The van der Waals surface area contributed by atoms with Crippen LogP contribution < -0.4 is 10.6 Å². The van der Waals surface area contributed by atoms with E-state index in [1.807, 2.05) is 0 Å². The van der Waals surface area contributed by atoms with E-state index < -0.39 is 0 Å². The van der Waals surface area contributed by atoms with Crippen LogP contribution in [0.4, 0.5) is 4.79 Å². The van der Waals surface area contributed by atoms with Gasteiger partial charge < -0.3 is 20.1 Å². The van der Waals surface area contributed by atoms with E-state index >= 15 is 0 Å². The molecule has 0 radical (unpaired) electrons. The molecule has 5 heteroatoms. The number of carbonyl (C=O) groups excluding carboxylic acids is 1. The number of rotatable bonds is 3. The highest BCUT2D eigenvalue weighted by Crippen LogP contribution is 2.19. The number of nitrogens with one attached hydrogen (secondary N) is 2. The van der Waals surface area contributed by atoms with Gasteiger partial charge in [-0.05, 0) is 19.8 Å². The minimum atomic E-state index is -0.0883. The zero-order valence-electron chi connectivity index (χ0n) is 9.70. The number of hydrogen-bond donors (Lipinski definition) is 2. The highest BCUT2D eigenvalue weighted by Gasteiger charge is 2.25. The quantitative estimate of drug-likeness (QED) is 0.739. The Hall–Kier alpha value is -0.810. The molecule has 0 bridgehead atoms. The number of ether oxygens (including phenoxy) is 2. The molecule has 0 spiro atoms. The second-order valence-corrected chi connectivity index (χ2v) is 4.54. The molecule has 2 N–H and O–H groups in total. The molecule has 0 aromatic heterocycles. The first-order valence-electron chi connectivity index (χ1n) is 5.99. The highest BCUT2D eigenvalue weighted by atomic mass is 16.5. The van der Waals surface area contributed by atoms with E-state index in [4.69, 9.17) is 9.47 Å². The maximum absolute atomic E-state index is 11.5. The van der Waals surface area contributed by atoms with Gasteiger partial charge in [-0.3, -0.25) is 0 Å². The predicted octanol–water partition coefficient (Wildman–Crippen LogP) is 0.500. The lowest BCUT2D eigenvalue weighted by Gasteiger charge is -2.16. The van der Waals surface area contributed by atoms with E-state index in [2.05, 4.69) is 17.6 Å². The van der Waals surface area contributed by atoms with Crippen molar-refractivity contribution in [3.05, 3.63) is 0 Å². The fourth-order valence-corrected chi connectivity index (χ4v) is 2.15. The third kappa shape index (κ3) is 3.09. The van der Waals surface area contributed by atoms with Crippen LogP contribution >= 0.6 is 0 Å². The van der Waals surface area contributed by atoms with Gasteiger partial charge in [-0.25, -0.2) is 4.79 Å². The Morgan fingerprint density at radius 3 is 2.88 bits per heavy atom. The molecule has 2 rings (SSSR count). The molecule has 92 valence electrons. The van der Waals surface area contributed by atoms with E-state index in [9.17, 15) is 4.79 Å². The van der Waals surface area contributed by atoms with E-state index in [1.165, 1.54) is 0 Å². The van der Waals surface area contributed by atoms with E-state index in [-0.39, 0.29) is 18.2 Å². The molecule has 0 aliphatic carbocycles. The van der Waals surface area contributed by atoms with Crippen molar-refractivity contribution < 1.29 is 14.3 Å². The number of amides is 2. The standard InChI is InChI=1S/C11H20N2O3/c1-8-9(2-5-16-8)6-12-11(14)13-10-3-4-15-7-10/h8-10H,2-7H2,1H3,(H2,12,13,14). The van der Waals surface area contributed by atoms with Crippen LogP contribution in [0.15, 0.2) is 0 Å². The van der Waals surface area contributed by atoms with E-state index in [0.717, 1.165) is 26.1 Å². The molecule has 3 atom stereocenters. The van der Waals surface area contributed by atoms with Gasteiger partial charge in [-0.15, -0.1) is 0 Å². The Morgan fingerprint density at radius 1 is 1.38 bits per heavy atom. The summed E-state index contributed by atoms with van der Waals surface area (Å²) in [5.41, 5.74) is 0. The third-order valence-electron chi connectivity index (χ3n) is 3.32. The average molecular weight is 228 g/mol. The smallest absolute Gasteiger partial charge is 0.315 e. The Bertz CT molecular complexity index is 241. The maximum Gasteiger partial charge on any atom is 0.315 e. The van der Waals surface area contributed by atoms with Gasteiger partial charge in [0.15, 0.2) is 0 Å². The molecular formula is C11H20N2O3. The SMILES string of the molecule is CC1OCCC1CNC(=O)NC1CCOC1. The zero-order valence-corrected chi connectivity index (χ0v) is 9.70. The lowest BCUT2D eigenvalue weighted by molar-refractivity contribution is 0.106. The molecule has 2 aliphatic heterocycles. The number of urea groups is 1. The maximum atomic E-state index is 11.5. The largest absolute Gasteiger partial charge is 0.379 e. The van der Waals surface area contributed by atoms with Crippen molar-refractivity contribution in [2.75, 3.05) is 26.4 Å². The topological polar surface area (TPSA) is 59.6 Å². The van der Waals surface area contributed by atoms with Crippen LogP contribution in [-0.2, 0) is 9.47 Å². The van der Waals surface area contributed by atoms with Crippen LogP contribution in [0.5, 0.6) is 0 Å². The summed E-state index contributed by atoms with van der Waals surface area (Å²) in [7, 11) is 0. The van der Waals surface area contributed by atoms with Crippen LogP contribution in [0, 0.1) is 5.92 Å².